The largest absolute Gasteiger partial charge is 0.299 e. The predicted molar refractivity (Wildman–Crippen MR) is 84.3 cm³/mol. The van der Waals surface area contributed by atoms with Gasteiger partial charge in [-0.05, 0) is 32.1 Å². The quantitative estimate of drug-likeness (QED) is 0.845. The summed E-state index contributed by atoms with van der Waals surface area (Å²) in [5, 5.41) is 12.2. The zero-order chi connectivity index (χ0) is 15.7. The summed E-state index contributed by atoms with van der Waals surface area (Å²) in [5.41, 5.74) is 0. The second-order valence-corrected chi connectivity index (χ2v) is 8.84. The van der Waals surface area contributed by atoms with Crippen LogP contribution in [0.4, 0.5) is 5.13 Å². The first-order chi connectivity index (χ1) is 10.5. The normalized spacial score (nSPS) is 22.9. The molecule has 1 aromatic heterocycles. The first-order valence-corrected chi connectivity index (χ1v) is 10.1. The summed E-state index contributed by atoms with van der Waals surface area (Å²) in [4.78, 5) is 12.4. The average Bonchev–Trinajstić information content (AvgIpc) is 3.01. The summed E-state index contributed by atoms with van der Waals surface area (Å²) in [6.45, 7) is 2.24. The van der Waals surface area contributed by atoms with Gasteiger partial charge in [0.25, 0.3) is 0 Å². The van der Waals surface area contributed by atoms with Crippen molar-refractivity contribution in [2.45, 2.75) is 51.0 Å². The van der Waals surface area contributed by atoms with Gasteiger partial charge < -0.3 is 0 Å². The van der Waals surface area contributed by atoms with E-state index in [1.165, 1.54) is 15.6 Å². The highest BCUT2D eigenvalue weighted by molar-refractivity contribution is 7.89. The molecule has 1 aliphatic heterocycles. The molecule has 0 bridgehead atoms. The Morgan fingerprint density at radius 3 is 2.82 bits per heavy atom. The summed E-state index contributed by atoms with van der Waals surface area (Å²) in [6.07, 6.45) is 4.09. The number of hydrogen-bond donors (Lipinski definition) is 1. The van der Waals surface area contributed by atoms with Crippen LogP contribution in [0, 0.1) is 0 Å². The number of anilines is 1. The van der Waals surface area contributed by atoms with E-state index in [-0.39, 0.29) is 11.7 Å². The van der Waals surface area contributed by atoms with Crippen molar-refractivity contribution in [3.8, 4) is 0 Å². The summed E-state index contributed by atoms with van der Waals surface area (Å²) < 4.78 is 25.8. The highest BCUT2D eigenvalue weighted by Gasteiger charge is 2.38. The summed E-state index contributed by atoms with van der Waals surface area (Å²) in [7, 11) is -3.35. The van der Waals surface area contributed by atoms with Gasteiger partial charge in [0.05, 0.1) is 5.75 Å². The van der Waals surface area contributed by atoms with E-state index in [0.29, 0.717) is 36.9 Å². The third-order valence-corrected chi connectivity index (χ3v) is 7.00. The third-order valence-electron chi connectivity index (χ3n) is 3.92. The highest BCUT2D eigenvalue weighted by atomic mass is 32.2. The lowest BCUT2D eigenvalue weighted by Crippen LogP contribution is -2.44. The monoisotopic (exact) mass is 344 g/mol. The number of amides is 1. The fraction of sp³-hybridized carbons (Fsp3) is 0.769. The predicted octanol–water partition coefficient (Wildman–Crippen LogP) is 1.56. The molecular formula is C13H20N4O3S2. The number of sulfonamides is 1. The minimum absolute atomic E-state index is 0.0847. The molecule has 7 nitrogen and oxygen atoms in total. The molecule has 1 atom stereocenters. The third kappa shape index (κ3) is 3.31. The van der Waals surface area contributed by atoms with Crippen molar-refractivity contribution in [1.29, 1.82) is 0 Å². The zero-order valence-electron chi connectivity index (χ0n) is 12.5. The fourth-order valence-corrected chi connectivity index (χ4v) is 5.34. The molecule has 1 N–H and O–H groups in total. The molecule has 122 valence electrons. The Bertz CT molecular complexity index is 654. The molecule has 1 aliphatic carbocycles. The Morgan fingerprint density at radius 2 is 2.14 bits per heavy atom. The van der Waals surface area contributed by atoms with Gasteiger partial charge in [-0.3, -0.25) is 10.1 Å². The van der Waals surface area contributed by atoms with Crippen molar-refractivity contribution in [3.05, 3.63) is 5.01 Å². The SMILES string of the molecule is CCCS(=O)(=O)N1CCC[C@H]1C(=O)Nc1nnc(C2CC2)s1. The number of aromatic nitrogens is 2. The van der Waals surface area contributed by atoms with Crippen molar-refractivity contribution in [1.82, 2.24) is 14.5 Å². The van der Waals surface area contributed by atoms with Gasteiger partial charge >= 0.3 is 0 Å². The van der Waals surface area contributed by atoms with Gasteiger partial charge in [0.1, 0.15) is 11.0 Å². The minimum atomic E-state index is -3.35. The van der Waals surface area contributed by atoms with E-state index in [0.717, 1.165) is 17.8 Å². The molecule has 0 spiro atoms. The first kappa shape index (κ1) is 15.8. The molecule has 0 aromatic carbocycles. The molecule has 1 aromatic rings. The Balaban J connectivity index is 1.67. The molecule has 1 saturated heterocycles. The van der Waals surface area contributed by atoms with Crippen LogP contribution in [0.2, 0.25) is 0 Å². The van der Waals surface area contributed by atoms with E-state index in [1.54, 1.807) is 0 Å². The van der Waals surface area contributed by atoms with Crippen LogP contribution in [0.5, 0.6) is 0 Å². The number of hydrogen-bond acceptors (Lipinski definition) is 6. The van der Waals surface area contributed by atoms with Gasteiger partial charge in [-0.2, -0.15) is 4.31 Å². The van der Waals surface area contributed by atoms with Crippen LogP contribution in [-0.2, 0) is 14.8 Å². The van der Waals surface area contributed by atoms with E-state index >= 15 is 0 Å². The summed E-state index contributed by atoms with van der Waals surface area (Å²) >= 11 is 1.39. The minimum Gasteiger partial charge on any atom is -0.299 e. The van der Waals surface area contributed by atoms with E-state index in [1.807, 2.05) is 6.92 Å². The van der Waals surface area contributed by atoms with E-state index < -0.39 is 16.1 Å². The maximum Gasteiger partial charge on any atom is 0.244 e. The standard InChI is InChI=1S/C13H20N4O3S2/c1-2-8-22(19,20)17-7-3-4-10(17)11(18)14-13-16-15-12(21-13)9-5-6-9/h9-10H,2-8H2,1H3,(H,14,16,18)/t10-/m0/s1. The van der Waals surface area contributed by atoms with Crippen LogP contribution < -0.4 is 5.32 Å². The van der Waals surface area contributed by atoms with Crippen LogP contribution >= 0.6 is 11.3 Å². The van der Waals surface area contributed by atoms with Gasteiger partial charge in [0, 0.05) is 12.5 Å². The molecule has 3 rings (SSSR count). The van der Waals surface area contributed by atoms with E-state index in [4.69, 9.17) is 0 Å². The smallest absolute Gasteiger partial charge is 0.244 e. The molecule has 2 heterocycles. The second-order valence-electron chi connectivity index (χ2n) is 5.79. The Labute approximate surface area is 134 Å². The number of carbonyl (C=O) groups excluding carboxylic acids is 1. The molecule has 22 heavy (non-hydrogen) atoms. The lowest BCUT2D eigenvalue weighted by Gasteiger charge is -2.22. The van der Waals surface area contributed by atoms with E-state index in [9.17, 15) is 13.2 Å². The molecule has 2 fully saturated rings. The van der Waals surface area contributed by atoms with Crippen molar-refractivity contribution in [2.24, 2.45) is 0 Å². The van der Waals surface area contributed by atoms with Crippen LogP contribution in [-0.4, -0.2) is 47.2 Å². The van der Waals surface area contributed by atoms with Crippen LogP contribution in [0.3, 0.4) is 0 Å². The van der Waals surface area contributed by atoms with Crippen LogP contribution in [0.1, 0.15) is 50.0 Å². The van der Waals surface area contributed by atoms with Crippen LogP contribution in [0.15, 0.2) is 0 Å². The van der Waals surface area contributed by atoms with E-state index in [2.05, 4.69) is 15.5 Å². The second kappa shape index (κ2) is 6.21. The Morgan fingerprint density at radius 1 is 1.36 bits per heavy atom. The van der Waals surface area contributed by atoms with Gasteiger partial charge in [0.15, 0.2) is 0 Å². The lowest BCUT2D eigenvalue weighted by atomic mass is 10.2. The van der Waals surface area contributed by atoms with Gasteiger partial charge in [-0.1, -0.05) is 18.3 Å². The highest BCUT2D eigenvalue weighted by Crippen LogP contribution is 2.42. The first-order valence-electron chi connectivity index (χ1n) is 7.65. The maximum absolute atomic E-state index is 12.4. The molecule has 1 amide bonds. The van der Waals surface area contributed by atoms with Gasteiger partial charge in [-0.15, -0.1) is 10.2 Å². The van der Waals surface area contributed by atoms with Gasteiger partial charge in [0.2, 0.25) is 21.1 Å². The van der Waals surface area contributed by atoms with Crippen molar-refractivity contribution in [3.63, 3.8) is 0 Å². The average molecular weight is 344 g/mol. The topological polar surface area (TPSA) is 92.3 Å². The number of nitrogens with zero attached hydrogens (tertiary/aromatic N) is 3. The number of rotatable bonds is 6. The molecular weight excluding hydrogens is 324 g/mol. The van der Waals surface area contributed by atoms with Crippen LogP contribution in [0.25, 0.3) is 0 Å². The van der Waals surface area contributed by atoms with Crippen molar-refractivity contribution in [2.75, 3.05) is 17.6 Å². The molecule has 9 heteroatoms. The Kier molecular flexibility index (Phi) is 4.47. The van der Waals surface area contributed by atoms with Gasteiger partial charge in [-0.25, -0.2) is 8.42 Å². The Hall–Kier alpha value is -1.06. The summed E-state index contributed by atoms with van der Waals surface area (Å²) in [6, 6.07) is -0.621. The molecule has 0 radical (unpaired) electrons. The number of nitrogens with one attached hydrogen (secondary N) is 1. The molecule has 0 unspecified atom stereocenters. The van der Waals surface area contributed by atoms with Crippen molar-refractivity contribution >= 4 is 32.4 Å². The molecule has 2 aliphatic rings. The molecule has 1 saturated carbocycles. The lowest BCUT2D eigenvalue weighted by molar-refractivity contribution is -0.119. The number of carbonyl (C=O) groups is 1. The maximum atomic E-state index is 12.4. The fourth-order valence-electron chi connectivity index (χ4n) is 2.68. The summed E-state index contributed by atoms with van der Waals surface area (Å²) in [5.74, 6) is 0.285. The van der Waals surface area contributed by atoms with Crippen molar-refractivity contribution < 1.29 is 13.2 Å². The zero-order valence-corrected chi connectivity index (χ0v) is 14.1.